The smallest absolute Gasteiger partial charge is 0.263 e. The number of anilines is 1. The highest BCUT2D eigenvalue weighted by Gasteiger charge is 2.16. The van der Waals surface area contributed by atoms with Crippen LogP contribution in [0.25, 0.3) is 10.1 Å². The maximum Gasteiger partial charge on any atom is 0.263 e. The fraction of sp³-hybridized carbons (Fsp3) is 0.182. The first-order valence-corrected chi connectivity index (χ1v) is 5.98. The van der Waals surface area contributed by atoms with E-state index in [2.05, 4.69) is 10.6 Å². The van der Waals surface area contributed by atoms with Crippen LogP contribution in [0, 0.1) is 0 Å². The van der Waals surface area contributed by atoms with Gasteiger partial charge in [0, 0.05) is 29.2 Å². The van der Waals surface area contributed by atoms with Crippen molar-refractivity contribution in [2.45, 2.75) is 0 Å². The number of carbonyl (C=O) groups excluding carboxylic acids is 1. The van der Waals surface area contributed by atoms with Gasteiger partial charge in [-0.2, -0.15) is 0 Å². The van der Waals surface area contributed by atoms with Crippen LogP contribution in [-0.4, -0.2) is 20.0 Å². The Morgan fingerprint density at radius 3 is 2.75 bits per heavy atom. The van der Waals surface area contributed by atoms with Gasteiger partial charge < -0.3 is 10.6 Å². The van der Waals surface area contributed by atoms with Crippen LogP contribution in [0.5, 0.6) is 0 Å². The molecule has 2 aromatic rings. The first kappa shape index (κ1) is 11.2. The third kappa shape index (κ3) is 1.74. The fourth-order valence-electron chi connectivity index (χ4n) is 1.59. The van der Waals surface area contributed by atoms with Gasteiger partial charge in [-0.05, 0) is 18.2 Å². The van der Waals surface area contributed by atoms with Gasteiger partial charge in [0.05, 0.1) is 5.69 Å². The van der Waals surface area contributed by atoms with E-state index in [1.807, 2.05) is 18.2 Å². The van der Waals surface area contributed by atoms with Crippen molar-refractivity contribution < 1.29 is 4.79 Å². The highest BCUT2D eigenvalue weighted by molar-refractivity contribution is 7.21. The molecule has 5 heteroatoms. The number of carbonyl (C=O) groups is 1. The van der Waals surface area contributed by atoms with Gasteiger partial charge in [0.15, 0.2) is 0 Å². The standard InChI is InChI=1S/C11H11ClN2OS/c1-13-9-7-5-6(12)3-4-8(7)16-10(9)11(15)14-2/h3-5,13H,1-2H3,(H,14,15). The highest BCUT2D eigenvalue weighted by atomic mass is 35.5. The summed E-state index contributed by atoms with van der Waals surface area (Å²) in [5.74, 6) is -0.0818. The van der Waals surface area contributed by atoms with Gasteiger partial charge in [0.25, 0.3) is 5.91 Å². The van der Waals surface area contributed by atoms with Gasteiger partial charge in [-0.1, -0.05) is 11.6 Å². The van der Waals surface area contributed by atoms with Crippen molar-refractivity contribution >= 4 is 44.6 Å². The predicted octanol–water partition coefficient (Wildman–Crippen LogP) is 2.96. The van der Waals surface area contributed by atoms with Gasteiger partial charge in [-0.3, -0.25) is 4.79 Å². The van der Waals surface area contributed by atoms with Crippen molar-refractivity contribution in [3.8, 4) is 0 Å². The second-order valence-corrected chi connectivity index (χ2v) is 4.76. The van der Waals surface area contributed by atoms with Gasteiger partial charge in [0.2, 0.25) is 0 Å². The molecule has 1 heterocycles. The predicted molar refractivity (Wildman–Crippen MR) is 69.8 cm³/mol. The van der Waals surface area contributed by atoms with Gasteiger partial charge in [-0.25, -0.2) is 0 Å². The van der Waals surface area contributed by atoms with Gasteiger partial charge >= 0.3 is 0 Å². The number of hydrogen-bond acceptors (Lipinski definition) is 3. The molecule has 0 radical (unpaired) electrons. The maximum absolute atomic E-state index is 11.7. The topological polar surface area (TPSA) is 41.1 Å². The largest absolute Gasteiger partial charge is 0.386 e. The van der Waals surface area contributed by atoms with Crippen LogP contribution in [-0.2, 0) is 0 Å². The third-order valence-corrected chi connectivity index (χ3v) is 3.74. The molecule has 0 bridgehead atoms. The van der Waals surface area contributed by atoms with Gasteiger partial charge in [-0.15, -0.1) is 11.3 Å². The fourth-order valence-corrected chi connectivity index (χ4v) is 2.90. The SMILES string of the molecule is CNC(=O)c1sc2ccc(Cl)cc2c1NC. The summed E-state index contributed by atoms with van der Waals surface area (Å²) in [5.41, 5.74) is 0.835. The number of hydrogen-bond donors (Lipinski definition) is 2. The molecule has 1 aromatic carbocycles. The van der Waals surface area contributed by atoms with Crippen LogP contribution in [0.3, 0.4) is 0 Å². The second kappa shape index (κ2) is 4.31. The minimum absolute atomic E-state index is 0.0818. The summed E-state index contributed by atoms with van der Waals surface area (Å²) in [6.45, 7) is 0. The van der Waals surface area contributed by atoms with E-state index >= 15 is 0 Å². The van der Waals surface area contributed by atoms with Crippen LogP contribution in [0.2, 0.25) is 5.02 Å². The molecule has 1 aromatic heterocycles. The van der Waals surface area contributed by atoms with Gasteiger partial charge in [0.1, 0.15) is 4.88 Å². The Bertz CT molecular complexity index is 550. The Balaban J connectivity index is 2.71. The number of amides is 1. The molecule has 0 unspecified atom stereocenters. The van der Waals surface area contributed by atoms with E-state index in [0.717, 1.165) is 15.8 Å². The molecule has 0 saturated carbocycles. The molecule has 2 rings (SSSR count). The molecule has 1 amide bonds. The van der Waals surface area contributed by atoms with E-state index in [9.17, 15) is 4.79 Å². The molecule has 16 heavy (non-hydrogen) atoms. The summed E-state index contributed by atoms with van der Waals surface area (Å²) < 4.78 is 1.05. The summed E-state index contributed by atoms with van der Waals surface area (Å²) in [6.07, 6.45) is 0. The number of fused-ring (bicyclic) bond motifs is 1. The van der Waals surface area contributed by atoms with E-state index < -0.39 is 0 Å². The lowest BCUT2D eigenvalue weighted by atomic mass is 10.2. The van der Waals surface area contributed by atoms with Crippen LogP contribution >= 0.6 is 22.9 Å². The lowest BCUT2D eigenvalue weighted by Gasteiger charge is -2.02. The number of benzene rings is 1. The minimum atomic E-state index is -0.0818. The molecule has 0 spiro atoms. The molecule has 0 atom stereocenters. The molecule has 0 saturated heterocycles. The van der Waals surface area contributed by atoms with Crippen LogP contribution < -0.4 is 10.6 Å². The van der Waals surface area contributed by atoms with E-state index in [1.54, 1.807) is 14.1 Å². The Labute approximate surface area is 102 Å². The van der Waals surface area contributed by atoms with Crippen molar-refractivity contribution in [1.82, 2.24) is 5.32 Å². The summed E-state index contributed by atoms with van der Waals surface area (Å²) in [7, 11) is 3.42. The summed E-state index contributed by atoms with van der Waals surface area (Å²) in [5, 5.41) is 7.34. The quantitative estimate of drug-likeness (QED) is 0.865. The normalized spacial score (nSPS) is 10.4. The molecule has 84 valence electrons. The number of thiophene rings is 1. The molecular weight excluding hydrogens is 244 g/mol. The summed E-state index contributed by atoms with van der Waals surface area (Å²) >= 11 is 7.40. The second-order valence-electron chi connectivity index (χ2n) is 3.28. The summed E-state index contributed by atoms with van der Waals surface area (Å²) in [4.78, 5) is 12.4. The van der Waals surface area contributed by atoms with Crippen LogP contribution in [0.1, 0.15) is 9.67 Å². The van der Waals surface area contributed by atoms with Crippen molar-refractivity contribution in [3.63, 3.8) is 0 Å². The molecule has 0 fully saturated rings. The zero-order valence-electron chi connectivity index (χ0n) is 8.93. The molecule has 0 aliphatic carbocycles. The maximum atomic E-state index is 11.7. The van der Waals surface area contributed by atoms with Crippen LogP contribution in [0.4, 0.5) is 5.69 Å². The van der Waals surface area contributed by atoms with E-state index in [0.29, 0.717) is 9.90 Å². The first-order valence-electron chi connectivity index (χ1n) is 4.79. The molecular formula is C11H11ClN2OS. The molecule has 0 aliphatic rings. The molecule has 3 nitrogen and oxygen atoms in total. The average molecular weight is 255 g/mol. The Morgan fingerprint density at radius 2 is 2.12 bits per heavy atom. The lowest BCUT2D eigenvalue weighted by molar-refractivity contribution is 0.0968. The van der Waals surface area contributed by atoms with Crippen molar-refractivity contribution in [3.05, 3.63) is 28.1 Å². The van der Waals surface area contributed by atoms with Crippen LogP contribution in [0.15, 0.2) is 18.2 Å². The summed E-state index contributed by atoms with van der Waals surface area (Å²) in [6, 6.07) is 5.62. The zero-order chi connectivity index (χ0) is 11.7. The minimum Gasteiger partial charge on any atom is -0.386 e. The van der Waals surface area contributed by atoms with E-state index in [-0.39, 0.29) is 5.91 Å². The Kier molecular flexibility index (Phi) is 3.03. The van der Waals surface area contributed by atoms with Crippen molar-refractivity contribution in [2.75, 3.05) is 19.4 Å². The van der Waals surface area contributed by atoms with Crippen molar-refractivity contribution in [2.24, 2.45) is 0 Å². The number of nitrogens with one attached hydrogen (secondary N) is 2. The third-order valence-electron chi connectivity index (χ3n) is 2.33. The van der Waals surface area contributed by atoms with Crippen molar-refractivity contribution in [1.29, 1.82) is 0 Å². The lowest BCUT2D eigenvalue weighted by Crippen LogP contribution is -2.17. The Hall–Kier alpha value is -1.26. The monoisotopic (exact) mass is 254 g/mol. The number of rotatable bonds is 2. The number of halogens is 1. The Morgan fingerprint density at radius 1 is 1.38 bits per heavy atom. The molecule has 2 N–H and O–H groups in total. The molecule has 0 aliphatic heterocycles. The highest BCUT2D eigenvalue weighted by Crippen LogP contribution is 2.36. The zero-order valence-corrected chi connectivity index (χ0v) is 10.5. The average Bonchev–Trinajstić information content (AvgIpc) is 2.65. The first-order chi connectivity index (χ1) is 7.67. The van der Waals surface area contributed by atoms with E-state index in [4.69, 9.17) is 11.6 Å². The van der Waals surface area contributed by atoms with E-state index in [1.165, 1.54) is 11.3 Å².